The number of para-hydroxylation sites is 1. The number of hydrogen-bond acceptors (Lipinski definition) is 3. The number of ketones is 1. The van der Waals surface area contributed by atoms with Crippen LogP contribution < -0.4 is 15.4 Å². The number of carbonyl (C=O) groups is 2. The number of amides is 2. The Morgan fingerprint density at radius 3 is 2.42 bits per heavy atom. The van der Waals surface area contributed by atoms with Crippen molar-refractivity contribution in [3.05, 3.63) is 59.7 Å². The third kappa shape index (κ3) is 5.43. The van der Waals surface area contributed by atoms with Gasteiger partial charge in [-0.3, -0.25) is 4.79 Å². The van der Waals surface area contributed by atoms with Gasteiger partial charge in [-0.25, -0.2) is 4.79 Å². The lowest BCUT2D eigenvalue weighted by atomic mass is 10.1. The summed E-state index contributed by atoms with van der Waals surface area (Å²) in [5.41, 5.74) is 2.36. The summed E-state index contributed by atoms with van der Waals surface area (Å²) in [6.07, 6.45) is 0.713. The molecule has 2 aromatic rings. The molecule has 0 spiro atoms. The molecule has 0 bridgehead atoms. The van der Waals surface area contributed by atoms with Crippen LogP contribution in [0.15, 0.2) is 48.5 Å². The van der Waals surface area contributed by atoms with Gasteiger partial charge in [-0.1, -0.05) is 18.2 Å². The molecule has 0 saturated heterocycles. The summed E-state index contributed by atoms with van der Waals surface area (Å²) in [4.78, 5) is 23.0. The molecule has 0 aliphatic heterocycles. The highest BCUT2D eigenvalue weighted by atomic mass is 16.5. The smallest absolute Gasteiger partial charge is 0.319 e. The first-order valence-corrected chi connectivity index (χ1v) is 7.90. The van der Waals surface area contributed by atoms with Gasteiger partial charge in [0.2, 0.25) is 0 Å². The van der Waals surface area contributed by atoms with Crippen LogP contribution in [0.4, 0.5) is 10.5 Å². The quantitative estimate of drug-likeness (QED) is 0.601. The largest absolute Gasteiger partial charge is 0.493 e. The van der Waals surface area contributed by atoms with Crippen LogP contribution in [-0.4, -0.2) is 25.0 Å². The first-order valence-electron chi connectivity index (χ1n) is 7.90. The number of ether oxygens (including phenoxy) is 1. The maximum absolute atomic E-state index is 11.8. The van der Waals surface area contributed by atoms with Gasteiger partial charge in [-0.15, -0.1) is 0 Å². The average molecular weight is 326 g/mol. The molecular formula is C19H22N2O3. The summed E-state index contributed by atoms with van der Waals surface area (Å²) in [5.74, 6) is 0.868. The lowest BCUT2D eigenvalue weighted by Crippen LogP contribution is -2.30. The van der Waals surface area contributed by atoms with Gasteiger partial charge in [0, 0.05) is 17.8 Å². The van der Waals surface area contributed by atoms with Crippen molar-refractivity contribution >= 4 is 17.5 Å². The van der Waals surface area contributed by atoms with E-state index in [0.29, 0.717) is 30.8 Å². The Labute approximate surface area is 142 Å². The Kier molecular flexibility index (Phi) is 6.37. The molecule has 0 unspecified atom stereocenters. The Morgan fingerprint density at radius 1 is 1.04 bits per heavy atom. The summed E-state index contributed by atoms with van der Waals surface area (Å²) in [6.45, 7) is 4.56. The normalized spacial score (nSPS) is 10.1. The predicted octanol–water partition coefficient (Wildman–Crippen LogP) is 3.79. The number of carbonyl (C=O) groups excluding carboxylic acids is 2. The molecule has 0 atom stereocenters. The molecule has 0 aromatic heterocycles. The fourth-order valence-corrected chi connectivity index (χ4v) is 2.14. The van der Waals surface area contributed by atoms with E-state index in [1.165, 1.54) is 6.92 Å². The molecule has 2 N–H and O–H groups in total. The van der Waals surface area contributed by atoms with Crippen molar-refractivity contribution in [2.45, 2.75) is 20.3 Å². The Hall–Kier alpha value is -2.82. The van der Waals surface area contributed by atoms with E-state index in [9.17, 15) is 9.59 Å². The van der Waals surface area contributed by atoms with Gasteiger partial charge < -0.3 is 15.4 Å². The first kappa shape index (κ1) is 17.5. The number of benzene rings is 2. The predicted molar refractivity (Wildman–Crippen MR) is 94.8 cm³/mol. The van der Waals surface area contributed by atoms with Crippen LogP contribution in [0.5, 0.6) is 5.75 Å². The number of hydrogen-bond donors (Lipinski definition) is 2. The average Bonchev–Trinajstić information content (AvgIpc) is 2.56. The number of anilines is 1. The molecular weight excluding hydrogens is 304 g/mol. The lowest BCUT2D eigenvalue weighted by Gasteiger charge is -2.10. The van der Waals surface area contributed by atoms with E-state index in [0.717, 1.165) is 11.3 Å². The molecule has 126 valence electrons. The molecule has 5 nitrogen and oxygen atoms in total. The number of Topliss-reactive ketones (excluding diaryl/α,β-unsaturated/α-hetero) is 1. The molecule has 0 saturated carbocycles. The number of aryl methyl sites for hydroxylation is 1. The van der Waals surface area contributed by atoms with Crippen LogP contribution >= 0.6 is 0 Å². The van der Waals surface area contributed by atoms with Crippen molar-refractivity contribution in [2.24, 2.45) is 0 Å². The minimum atomic E-state index is -0.276. The SMILES string of the molecule is CC(=O)c1ccc(NC(=O)NCCCOc2ccccc2C)cc1. The van der Waals surface area contributed by atoms with Crippen LogP contribution in [0, 0.1) is 6.92 Å². The third-order valence-corrected chi connectivity index (χ3v) is 3.51. The van der Waals surface area contributed by atoms with Gasteiger partial charge in [-0.05, 0) is 56.2 Å². The van der Waals surface area contributed by atoms with Gasteiger partial charge >= 0.3 is 6.03 Å². The van der Waals surface area contributed by atoms with Crippen LogP contribution in [0.2, 0.25) is 0 Å². The second-order valence-electron chi connectivity index (χ2n) is 5.48. The number of rotatable bonds is 7. The summed E-state index contributed by atoms with van der Waals surface area (Å²) in [7, 11) is 0. The van der Waals surface area contributed by atoms with E-state index in [2.05, 4.69) is 10.6 Å². The molecule has 0 aliphatic rings. The highest BCUT2D eigenvalue weighted by Gasteiger charge is 2.03. The third-order valence-electron chi connectivity index (χ3n) is 3.51. The number of nitrogens with one attached hydrogen (secondary N) is 2. The summed E-state index contributed by atoms with van der Waals surface area (Å²) < 4.78 is 5.67. The summed E-state index contributed by atoms with van der Waals surface area (Å²) in [5, 5.41) is 5.50. The van der Waals surface area contributed by atoms with Crippen molar-refractivity contribution in [3.8, 4) is 5.75 Å². The number of urea groups is 1. The van der Waals surface area contributed by atoms with E-state index in [1.807, 2.05) is 31.2 Å². The highest BCUT2D eigenvalue weighted by Crippen LogP contribution is 2.16. The molecule has 2 aromatic carbocycles. The van der Waals surface area contributed by atoms with Crippen LogP contribution in [0.1, 0.15) is 29.3 Å². The second kappa shape index (κ2) is 8.72. The van der Waals surface area contributed by atoms with E-state index in [1.54, 1.807) is 24.3 Å². The van der Waals surface area contributed by atoms with Gasteiger partial charge in [0.25, 0.3) is 0 Å². The van der Waals surface area contributed by atoms with Crippen LogP contribution in [0.3, 0.4) is 0 Å². The van der Waals surface area contributed by atoms with Crippen molar-refractivity contribution in [1.29, 1.82) is 0 Å². The van der Waals surface area contributed by atoms with Gasteiger partial charge in [0.1, 0.15) is 5.75 Å². The molecule has 2 rings (SSSR count). The maximum Gasteiger partial charge on any atom is 0.319 e. The van der Waals surface area contributed by atoms with E-state index in [-0.39, 0.29) is 11.8 Å². The zero-order valence-electron chi connectivity index (χ0n) is 14.0. The zero-order valence-corrected chi connectivity index (χ0v) is 14.0. The molecule has 5 heteroatoms. The molecule has 2 amide bonds. The van der Waals surface area contributed by atoms with Crippen molar-refractivity contribution in [1.82, 2.24) is 5.32 Å². The minimum absolute atomic E-state index is 0.000320. The van der Waals surface area contributed by atoms with Gasteiger partial charge in [-0.2, -0.15) is 0 Å². The van der Waals surface area contributed by atoms with E-state index >= 15 is 0 Å². The molecule has 0 radical (unpaired) electrons. The van der Waals surface area contributed by atoms with Crippen molar-refractivity contribution in [2.75, 3.05) is 18.5 Å². The fraction of sp³-hybridized carbons (Fsp3) is 0.263. The van der Waals surface area contributed by atoms with Crippen molar-refractivity contribution in [3.63, 3.8) is 0 Å². The van der Waals surface area contributed by atoms with Crippen LogP contribution in [0.25, 0.3) is 0 Å². The molecule has 0 fully saturated rings. The van der Waals surface area contributed by atoms with Gasteiger partial charge in [0.15, 0.2) is 5.78 Å². The molecule has 0 aliphatic carbocycles. The molecule has 24 heavy (non-hydrogen) atoms. The minimum Gasteiger partial charge on any atom is -0.493 e. The monoisotopic (exact) mass is 326 g/mol. The van der Waals surface area contributed by atoms with E-state index < -0.39 is 0 Å². The fourth-order valence-electron chi connectivity index (χ4n) is 2.14. The second-order valence-corrected chi connectivity index (χ2v) is 5.48. The Morgan fingerprint density at radius 2 is 1.75 bits per heavy atom. The summed E-state index contributed by atoms with van der Waals surface area (Å²) >= 11 is 0. The molecule has 0 heterocycles. The van der Waals surface area contributed by atoms with Crippen LogP contribution in [-0.2, 0) is 0 Å². The lowest BCUT2D eigenvalue weighted by molar-refractivity contribution is 0.101. The Bertz CT molecular complexity index is 696. The zero-order chi connectivity index (χ0) is 17.4. The van der Waals surface area contributed by atoms with Gasteiger partial charge in [0.05, 0.1) is 6.61 Å². The first-order chi connectivity index (χ1) is 11.6. The maximum atomic E-state index is 11.8. The highest BCUT2D eigenvalue weighted by molar-refractivity contribution is 5.95. The topological polar surface area (TPSA) is 67.4 Å². The standard InChI is InChI=1S/C19H22N2O3/c1-14-6-3-4-7-18(14)24-13-5-12-20-19(23)21-17-10-8-16(9-11-17)15(2)22/h3-4,6-11H,5,12-13H2,1-2H3,(H2,20,21,23). The Balaban J connectivity index is 1.66. The summed E-state index contributed by atoms with van der Waals surface area (Å²) in [6, 6.07) is 14.3. The van der Waals surface area contributed by atoms with E-state index in [4.69, 9.17) is 4.74 Å². The van der Waals surface area contributed by atoms with Crippen molar-refractivity contribution < 1.29 is 14.3 Å².